The lowest BCUT2D eigenvalue weighted by atomic mass is 10.1. The van der Waals surface area contributed by atoms with Crippen molar-refractivity contribution < 1.29 is 14.3 Å². The lowest BCUT2D eigenvalue weighted by molar-refractivity contribution is -0.127. The summed E-state index contributed by atoms with van der Waals surface area (Å²) in [7, 11) is 3.44. The van der Waals surface area contributed by atoms with E-state index in [0.29, 0.717) is 24.1 Å². The fourth-order valence-electron chi connectivity index (χ4n) is 3.50. The van der Waals surface area contributed by atoms with Gasteiger partial charge in [-0.1, -0.05) is 36.0 Å². The van der Waals surface area contributed by atoms with Gasteiger partial charge in [-0.3, -0.25) is 9.59 Å². The molecule has 0 bridgehead atoms. The van der Waals surface area contributed by atoms with E-state index >= 15 is 0 Å². The number of fused-ring (bicyclic) bond motifs is 1. The summed E-state index contributed by atoms with van der Waals surface area (Å²) >= 11 is 2.85. The highest BCUT2D eigenvalue weighted by atomic mass is 32.2. The maximum absolute atomic E-state index is 12.8. The van der Waals surface area contributed by atoms with E-state index in [0.717, 1.165) is 27.0 Å². The van der Waals surface area contributed by atoms with Crippen LogP contribution < -0.4 is 10.5 Å². The smallest absolute Gasteiger partial charge is 0.233 e. The monoisotopic (exact) mass is 495 g/mol. The third-order valence-corrected chi connectivity index (χ3v) is 7.14. The summed E-state index contributed by atoms with van der Waals surface area (Å²) in [6.07, 6.45) is 0.172. The summed E-state index contributed by atoms with van der Waals surface area (Å²) in [5, 5.41) is 13.3. The molecular weight excluding hydrogens is 470 g/mol. The average Bonchev–Trinajstić information content (AvgIpc) is 3.50. The van der Waals surface area contributed by atoms with E-state index in [-0.39, 0.29) is 18.1 Å². The molecule has 8 nitrogen and oxygen atoms in total. The average molecular weight is 496 g/mol. The van der Waals surface area contributed by atoms with E-state index in [1.54, 1.807) is 30.4 Å². The van der Waals surface area contributed by atoms with Crippen LogP contribution in [0.3, 0.4) is 0 Å². The number of nitrogens with two attached hydrogens (primary N) is 1. The fraction of sp³-hybridized carbons (Fsp3) is 0.250. The van der Waals surface area contributed by atoms with Crippen molar-refractivity contribution in [1.29, 1.82) is 0 Å². The van der Waals surface area contributed by atoms with Crippen molar-refractivity contribution in [1.82, 2.24) is 19.7 Å². The van der Waals surface area contributed by atoms with Crippen molar-refractivity contribution in [2.24, 2.45) is 5.73 Å². The summed E-state index contributed by atoms with van der Waals surface area (Å²) in [6, 6.07) is 15.9. The first kappa shape index (κ1) is 23.8. The molecule has 10 heteroatoms. The molecule has 0 aliphatic carbocycles. The summed E-state index contributed by atoms with van der Waals surface area (Å²) in [6.45, 7) is 0.861. The number of thiophene rings is 1. The Bertz CT molecular complexity index is 1300. The number of benzene rings is 2. The number of hydrogen-bond acceptors (Lipinski definition) is 7. The molecule has 2 aromatic carbocycles. The number of carbonyl (C=O) groups excluding carboxylic acids is 2. The Labute approximate surface area is 205 Å². The van der Waals surface area contributed by atoms with Crippen LogP contribution >= 0.6 is 23.1 Å². The van der Waals surface area contributed by atoms with Gasteiger partial charge in [-0.15, -0.1) is 21.5 Å². The molecule has 2 N–H and O–H groups in total. The van der Waals surface area contributed by atoms with Gasteiger partial charge in [0.15, 0.2) is 11.0 Å². The van der Waals surface area contributed by atoms with Gasteiger partial charge in [-0.05, 0) is 46.0 Å². The van der Waals surface area contributed by atoms with Crippen LogP contribution in [0.2, 0.25) is 0 Å². The molecule has 34 heavy (non-hydrogen) atoms. The molecule has 2 aromatic heterocycles. The molecule has 2 heterocycles. The standard InChI is InChI=1S/C24H25N5O3S2/c1-28(14-16-5-6-18-13-19(32-2)8-7-17(18)12-16)22(31)15-34-24-27-26-23(20-4-3-11-33-20)29(24)10-9-21(25)30/h3-8,11-13H,9-10,14-15H2,1-2H3,(H2,25,30). The number of ether oxygens (including phenoxy) is 1. The molecule has 0 aliphatic heterocycles. The topological polar surface area (TPSA) is 103 Å². The second-order valence-electron chi connectivity index (χ2n) is 7.74. The van der Waals surface area contributed by atoms with Crippen molar-refractivity contribution in [2.75, 3.05) is 19.9 Å². The Hall–Kier alpha value is -3.37. The summed E-state index contributed by atoms with van der Waals surface area (Å²) in [4.78, 5) is 26.8. The van der Waals surface area contributed by atoms with E-state index in [9.17, 15) is 9.59 Å². The van der Waals surface area contributed by atoms with Crippen molar-refractivity contribution in [3.05, 3.63) is 59.5 Å². The number of methoxy groups -OCH3 is 1. The summed E-state index contributed by atoms with van der Waals surface area (Å²) < 4.78 is 7.13. The molecule has 0 unspecified atom stereocenters. The van der Waals surface area contributed by atoms with Crippen LogP contribution in [0.1, 0.15) is 12.0 Å². The molecule has 0 fully saturated rings. The predicted molar refractivity (Wildman–Crippen MR) is 135 cm³/mol. The van der Waals surface area contributed by atoms with Crippen LogP contribution in [0, 0.1) is 0 Å². The van der Waals surface area contributed by atoms with Gasteiger partial charge in [0, 0.05) is 26.6 Å². The number of nitrogens with zero attached hydrogens (tertiary/aromatic N) is 4. The Morgan fingerprint density at radius 2 is 1.94 bits per heavy atom. The Balaban J connectivity index is 1.42. The molecule has 4 rings (SSSR count). The predicted octanol–water partition coefficient (Wildman–Crippen LogP) is 3.79. The fourth-order valence-corrected chi connectivity index (χ4v) is 5.13. The van der Waals surface area contributed by atoms with Crippen LogP contribution in [-0.2, 0) is 22.7 Å². The van der Waals surface area contributed by atoms with Gasteiger partial charge >= 0.3 is 0 Å². The zero-order chi connectivity index (χ0) is 24.1. The third-order valence-electron chi connectivity index (χ3n) is 5.32. The second-order valence-corrected chi connectivity index (χ2v) is 9.63. The van der Waals surface area contributed by atoms with Crippen molar-refractivity contribution in [2.45, 2.75) is 24.7 Å². The Kier molecular flexibility index (Phi) is 7.49. The minimum atomic E-state index is -0.397. The summed E-state index contributed by atoms with van der Waals surface area (Å²) in [5.74, 6) is 1.27. The number of primary amides is 1. The van der Waals surface area contributed by atoms with Gasteiger partial charge < -0.3 is 19.9 Å². The number of hydrogen-bond donors (Lipinski definition) is 1. The van der Waals surface area contributed by atoms with Gasteiger partial charge in [-0.2, -0.15) is 0 Å². The third kappa shape index (κ3) is 5.57. The van der Waals surface area contributed by atoms with Gasteiger partial charge in [0.1, 0.15) is 5.75 Å². The number of rotatable bonds is 10. The second kappa shape index (κ2) is 10.7. The SMILES string of the molecule is COc1ccc2cc(CN(C)C(=O)CSc3nnc(-c4cccs4)n3CCC(N)=O)ccc2c1. The van der Waals surface area contributed by atoms with Crippen molar-refractivity contribution in [3.8, 4) is 16.5 Å². The molecule has 0 spiro atoms. The lowest BCUT2D eigenvalue weighted by Crippen LogP contribution is -2.28. The molecule has 0 saturated heterocycles. The first-order valence-corrected chi connectivity index (χ1v) is 12.5. The zero-order valence-electron chi connectivity index (χ0n) is 18.9. The normalized spacial score (nSPS) is 11.0. The number of amides is 2. The maximum atomic E-state index is 12.8. The first-order valence-electron chi connectivity index (χ1n) is 10.6. The van der Waals surface area contributed by atoms with Gasteiger partial charge in [-0.25, -0.2) is 0 Å². The van der Waals surface area contributed by atoms with Crippen molar-refractivity contribution in [3.63, 3.8) is 0 Å². The molecule has 176 valence electrons. The largest absolute Gasteiger partial charge is 0.497 e. The van der Waals surface area contributed by atoms with E-state index in [1.165, 1.54) is 11.8 Å². The minimum Gasteiger partial charge on any atom is -0.497 e. The van der Waals surface area contributed by atoms with Gasteiger partial charge in [0.2, 0.25) is 11.8 Å². The van der Waals surface area contributed by atoms with E-state index in [1.807, 2.05) is 52.4 Å². The molecule has 0 radical (unpaired) electrons. The van der Waals surface area contributed by atoms with Crippen LogP contribution in [0.5, 0.6) is 5.75 Å². The van der Waals surface area contributed by atoms with E-state index in [4.69, 9.17) is 10.5 Å². The highest BCUT2D eigenvalue weighted by Gasteiger charge is 2.18. The van der Waals surface area contributed by atoms with Gasteiger partial charge in [0.25, 0.3) is 0 Å². The van der Waals surface area contributed by atoms with Crippen LogP contribution in [0.4, 0.5) is 0 Å². The number of thioether (sulfide) groups is 1. The zero-order valence-corrected chi connectivity index (χ0v) is 20.6. The molecule has 4 aromatic rings. The Morgan fingerprint density at radius 3 is 2.68 bits per heavy atom. The minimum absolute atomic E-state index is 0.0260. The number of carbonyl (C=O) groups is 2. The van der Waals surface area contributed by atoms with Crippen molar-refractivity contribution >= 4 is 45.7 Å². The van der Waals surface area contributed by atoms with Crippen LogP contribution in [0.25, 0.3) is 21.5 Å². The quantitative estimate of drug-likeness (QED) is 0.336. The molecule has 0 atom stereocenters. The highest BCUT2D eigenvalue weighted by Crippen LogP contribution is 2.28. The highest BCUT2D eigenvalue weighted by molar-refractivity contribution is 7.99. The lowest BCUT2D eigenvalue weighted by Gasteiger charge is -2.17. The Morgan fingerprint density at radius 1 is 1.15 bits per heavy atom. The molecular formula is C24H25N5O3S2. The summed E-state index contributed by atoms with van der Waals surface area (Å²) in [5.41, 5.74) is 6.39. The molecule has 2 amide bonds. The maximum Gasteiger partial charge on any atom is 0.233 e. The van der Waals surface area contributed by atoms with E-state index in [2.05, 4.69) is 16.3 Å². The first-order chi connectivity index (χ1) is 16.4. The van der Waals surface area contributed by atoms with Crippen LogP contribution in [0.15, 0.2) is 59.1 Å². The molecule has 0 aliphatic rings. The van der Waals surface area contributed by atoms with E-state index < -0.39 is 5.91 Å². The molecule has 0 saturated carbocycles. The van der Waals surface area contributed by atoms with Crippen LogP contribution in [-0.4, -0.2) is 51.4 Å². The van der Waals surface area contributed by atoms with Gasteiger partial charge in [0.05, 0.1) is 17.7 Å². The number of aromatic nitrogens is 3.